The van der Waals surface area contributed by atoms with E-state index in [4.69, 9.17) is 33.1 Å². The number of nitrogens with zero attached hydrogens (tertiary/aromatic N) is 4. The van der Waals surface area contributed by atoms with Crippen LogP contribution in [0.15, 0.2) is 174 Å². The molecule has 0 bridgehead atoms. The first-order valence-corrected chi connectivity index (χ1v) is 15.2. The summed E-state index contributed by atoms with van der Waals surface area (Å²) >= 11 is 0. The van der Waals surface area contributed by atoms with Crippen molar-refractivity contribution in [2.75, 3.05) is 0 Å². The third-order valence-corrected chi connectivity index (χ3v) is 8.11. The molecule has 0 unspecified atom stereocenters. The van der Waals surface area contributed by atoms with Crippen LogP contribution in [-0.2, 0) is 0 Å². The average molecular weight is 659 g/mol. The van der Waals surface area contributed by atoms with Gasteiger partial charge in [0.15, 0.2) is 17.5 Å². The minimum atomic E-state index is -0.799. The molecule has 3 heterocycles. The summed E-state index contributed by atoms with van der Waals surface area (Å²) in [7, 11) is 0. The molecule has 0 radical (unpaired) electrons. The Labute approximate surface area is 313 Å². The second-order valence-electron chi connectivity index (χ2n) is 11.1. The smallest absolute Gasteiger partial charge is 0.166 e. The Hall–Kier alpha value is -6.85. The first-order chi connectivity index (χ1) is 32.3. The van der Waals surface area contributed by atoms with E-state index in [2.05, 4.69) is 0 Å². The van der Waals surface area contributed by atoms with Gasteiger partial charge in [0.2, 0.25) is 0 Å². The number of fused-ring (bicyclic) bond motifs is 6. The fourth-order valence-electron chi connectivity index (χ4n) is 5.87. The molecule has 0 spiro atoms. The average Bonchev–Trinajstić information content (AvgIpc) is 3.92. The number of rotatable bonds is 5. The third-order valence-electron chi connectivity index (χ3n) is 8.11. The van der Waals surface area contributed by atoms with Gasteiger partial charge in [0.05, 0.1) is 35.7 Å². The molecular formula is C45H28N4O. The van der Waals surface area contributed by atoms with Gasteiger partial charge < -0.3 is 8.98 Å². The van der Waals surface area contributed by atoms with Crippen LogP contribution in [0.1, 0.15) is 24.7 Å². The van der Waals surface area contributed by atoms with Gasteiger partial charge in [-0.25, -0.2) is 15.0 Å². The van der Waals surface area contributed by atoms with Gasteiger partial charge in [0, 0.05) is 43.9 Å². The highest BCUT2D eigenvalue weighted by atomic mass is 16.3. The van der Waals surface area contributed by atoms with Gasteiger partial charge >= 0.3 is 0 Å². The van der Waals surface area contributed by atoms with Gasteiger partial charge in [0.25, 0.3) is 0 Å². The molecule has 0 aliphatic carbocycles. The maximum atomic E-state index is 9.86. The first-order valence-electron chi connectivity index (χ1n) is 24.2. The fourth-order valence-corrected chi connectivity index (χ4v) is 5.87. The molecule has 234 valence electrons. The largest absolute Gasteiger partial charge is 0.456 e. The van der Waals surface area contributed by atoms with Crippen LogP contribution >= 0.6 is 0 Å². The molecule has 0 aliphatic rings. The van der Waals surface area contributed by atoms with E-state index < -0.39 is 153 Å². The summed E-state index contributed by atoms with van der Waals surface area (Å²) in [5, 5.41) is -1.44. The molecule has 0 N–H and O–H groups in total. The van der Waals surface area contributed by atoms with Crippen molar-refractivity contribution in [1.29, 1.82) is 0 Å². The van der Waals surface area contributed by atoms with Crippen LogP contribution in [0.25, 0.3) is 94.7 Å². The Bertz CT molecular complexity index is 3810. The minimum absolute atomic E-state index is 0.112. The van der Waals surface area contributed by atoms with Gasteiger partial charge in [-0.3, -0.25) is 0 Å². The minimum Gasteiger partial charge on any atom is -0.456 e. The van der Waals surface area contributed by atoms with Gasteiger partial charge in [-0.05, 0) is 53.4 Å². The maximum absolute atomic E-state index is 9.86. The Morgan fingerprint density at radius 3 is 1.90 bits per heavy atom. The molecule has 7 aromatic carbocycles. The number of para-hydroxylation sites is 2. The Balaban J connectivity index is 1.40. The number of furan rings is 1. The number of benzene rings is 7. The van der Waals surface area contributed by atoms with Crippen LogP contribution in [0, 0.1) is 0 Å². The number of hydrogen-bond acceptors (Lipinski definition) is 4. The zero-order valence-corrected chi connectivity index (χ0v) is 25.5. The van der Waals surface area contributed by atoms with Crippen LogP contribution in [-0.4, -0.2) is 19.5 Å². The molecule has 3 aromatic heterocycles. The van der Waals surface area contributed by atoms with Crippen LogP contribution in [0.5, 0.6) is 0 Å². The van der Waals surface area contributed by atoms with Gasteiger partial charge in [-0.2, -0.15) is 0 Å². The zero-order valence-electron chi connectivity index (χ0n) is 43.5. The predicted octanol–water partition coefficient (Wildman–Crippen LogP) is 11.5. The zero-order chi connectivity index (χ0) is 48.7. The van der Waals surface area contributed by atoms with Crippen LogP contribution < -0.4 is 0 Å². The lowest BCUT2D eigenvalue weighted by molar-refractivity contribution is 0.669. The van der Waals surface area contributed by atoms with Crippen molar-refractivity contribution in [3.05, 3.63) is 169 Å². The van der Waals surface area contributed by atoms with Crippen LogP contribution in [0.2, 0.25) is 0 Å². The van der Waals surface area contributed by atoms with Crippen molar-refractivity contribution in [3.63, 3.8) is 0 Å². The molecule has 0 saturated heterocycles. The standard InChI is InChI=1S/C45H28N4O/c1-4-13-29(14-5-1)32-23-25-35-38-28-33(24-26-40(38)50-41(35)27-32)49-39-22-11-10-19-34(39)36-20-12-21-37(42(36)49)45-47-43(30-15-6-2-7-16-30)46-44(48-45)31-17-8-3-9-18-31/h1-28H/i1D,4D,5D,10D,11D,12D,13D,14D,19D,20D,21D,22D,23D,24D,25D,26D,27D,28D. The van der Waals surface area contributed by atoms with E-state index >= 15 is 0 Å². The lowest BCUT2D eigenvalue weighted by atomic mass is 10.0. The summed E-state index contributed by atoms with van der Waals surface area (Å²) in [6, 6.07) is 4.26. The lowest BCUT2D eigenvalue weighted by Crippen LogP contribution is -2.02. The summed E-state index contributed by atoms with van der Waals surface area (Å²) in [4.78, 5) is 14.2. The van der Waals surface area contributed by atoms with Gasteiger partial charge in [-0.1, -0.05) is 127 Å². The topological polar surface area (TPSA) is 56.7 Å². The van der Waals surface area contributed by atoms with E-state index in [0.29, 0.717) is 11.1 Å². The molecule has 0 aliphatic heterocycles. The van der Waals surface area contributed by atoms with E-state index in [0.717, 1.165) is 4.57 Å². The maximum Gasteiger partial charge on any atom is 0.166 e. The Morgan fingerprint density at radius 1 is 0.460 bits per heavy atom. The van der Waals surface area contributed by atoms with Crippen molar-refractivity contribution in [3.8, 4) is 51.0 Å². The van der Waals surface area contributed by atoms with Gasteiger partial charge in [-0.15, -0.1) is 0 Å². The van der Waals surface area contributed by atoms with Crippen LogP contribution in [0.4, 0.5) is 0 Å². The SMILES string of the molecule is [2H]c1c([2H])c([2H])c(-c2c([2H])c([2H])c3c(oc4c([2H])c([2H])c(-n5c6c([2H])c([2H])c([2H])c([2H])c6c6c([2H])c([2H])c([2H])c(-c7nc(-c8ccccc8)nc(-c8ccccc8)n7)c65)c([2H])c43)c2[2H])c([2H])c1[2H]. The molecule has 50 heavy (non-hydrogen) atoms. The van der Waals surface area contributed by atoms with E-state index in [1.165, 1.54) is 0 Å². The lowest BCUT2D eigenvalue weighted by Gasteiger charge is -2.13. The molecule has 5 nitrogen and oxygen atoms in total. The van der Waals surface area contributed by atoms with Crippen molar-refractivity contribution in [1.82, 2.24) is 19.5 Å². The molecule has 0 amide bonds. The van der Waals surface area contributed by atoms with Crippen LogP contribution in [0.3, 0.4) is 0 Å². The quantitative estimate of drug-likeness (QED) is 0.185. The summed E-state index contributed by atoms with van der Waals surface area (Å²) in [5.74, 6) is -0.0347. The van der Waals surface area contributed by atoms with Crippen molar-refractivity contribution >= 4 is 43.7 Å². The molecule has 10 aromatic rings. The third kappa shape index (κ3) is 4.60. The Morgan fingerprint density at radius 2 is 1.14 bits per heavy atom. The summed E-state index contributed by atoms with van der Waals surface area (Å²) in [6.45, 7) is 0. The second kappa shape index (κ2) is 11.4. The molecule has 5 heteroatoms. The Kier molecular flexibility index (Phi) is 3.55. The number of aromatic nitrogens is 4. The predicted molar refractivity (Wildman–Crippen MR) is 203 cm³/mol. The normalized spacial score (nSPS) is 16.6. The molecule has 0 atom stereocenters. The van der Waals surface area contributed by atoms with Crippen molar-refractivity contribution in [2.45, 2.75) is 0 Å². The highest BCUT2D eigenvalue weighted by Gasteiger charge is 2.20. The molecular weight excluding hydrogens is 613 g/mol. The van der Waals surface area contributed by atoms with E-state index in [9.17, 15) is 11.0 Å². The summed E-state index contributed by atoms with van der Waals surface area (Å²) < 4.78 is 169. The monoisotopic (exact) mass is 658 g/mol. The van der Waals surface area contributed by atoms with Crippen molar-refractivity contribution in [2.24, 2.45) is 0 Å². The van der Waals surface area contributed by atoms with Crippen molar-refractivity contribution < 1.29 is 29.1 Å². The highest BCUT2D eigenvalue weighted by molar-refractivity contribution is 6.14. The van der Waals surface area contributed by atoms with E-state index in [-0.39, 0.29) is 39.3 Å². The summed E-state index contributed by atoms with van der Waals surface area (Å²) in [5.41, 5.74) is -2.77. The highest BCUT2D eigenvalue weighted by Crippen LogP contribution is 2.40. The first kappa shape index (κ1) is 15.6. The molecule has 0 saturated carbocycles. The molecule has 10 rings (SSSR count). The fraction of sp³-hybridized carbons (Fsp3) is 0. The summed E-state index contributed by atoms with van der Waals surface area (Å²) in [6.07, 6.45) is 0. The van der Waals surface area contributed by atoms with E-state index in [1.54, 1.807) is 60.7 Å². The molecule has 0 fully saturated rings. The second-order valence-corrected chi connectivity index (χ2v) is 11.1. The van der Waals surface area contributed by atoms with E-state index in [1.807, 2.05) is 0 Å². The number of hydrogen-bond donors (Lipinski definition) is 0. The van der Waals surface area contributed by atoms with Gasteiger partial charge in [0.1, 0.15) is 11.2 Å².